The molecule has 0 saturated carbocycles. The van der Waals surface area contributed by atoms with Crippen molar-refractivity contribution in [3.05, 3.63) is 53.6 Å². The summed E-state index contributed by atoms with van der Waals surface area (Å²) in [6.45, 7) is 4.85. The molecule has 10 heteroatoms. The number of phenolic OH excluding ortho intramolecular Hbond substituents is 1. The maximum Gasteiger partial charge on any atom is 0.319 e. The van der Waals surface area contributed by atoms with Gasteiger partial charge in [-0.15, -0.1) is 6.42 Å². The molecule has 5 heterocycles. The van der Waals surface area contributed by atoms with Crippen molar-refractivity contribution in [2.45, 2.75) is 31.0 Å². The highest BCUT2D eigenvalue weighted by atomic mass is 19.1. The van der Waals surface area contributed by atoms with Crippen molar-refractivity contribution in [1.82, 2.24) is 20.2 Å². The maximum atomic E-state index is 16.7. The van der Waals surface area contributed by atoms with Gasteiger partial charge in [0.1, 0.15) is 35.7 Å². The molecule has 2 atom stereocenters. The number of rotatable bonds is 5. The molecule has 43 heavy (non-hydrogen) atoms. The number of alkyl halides is 1. The number of hydrogen-bond donors (Lipinski definition) is 2. The van der Waals surface area contributed by atoms with Gasteiger partial charge < -0.3 is 20.1 Å². The molecule has 4 saturated heterocycles. The Morgan fingerprint density at radius 2 is 1.95 bits per heavy atom. The molecular weight excluding hydrogens is 555 g/mol. The molecule has 1 aromatic heterocycles. The number of nitrogens with one attached hydrogen (secondary N) is 1. The quantitative estimate of drug-likeness (QED) is 0.327. The summed E-state index contributed by atoms with van der Waals surface area (Å²) in [6, 6.07) is 8.98. The summed E-state index contributed by atoms with van der Waals surface area (Å²) in [5.41, 5.74) is 0.195. The third-order valence-electron chi connectivity index (χ3n) is 9.84. The molecule has 8 rings (SSSR count). The van der Waals surface area contributed by atoms with Crippen LogP contribution in [-0.2, 0) is 0 Å². The van der Waals surface area contributed by atoms with Gasteiger partial charge in [-0.1, -0.05) is 18.1 Å². The number of hydrogen-bond acceptors (Lipinski definition) is 7. The van der Waals surface area contributed by atoms with Crippen LogP contribution in [0.2, 0.25) is 0 Å². The lowest BCUT2D eigenvalue weighted by atomic mass is 9.74. The molecule has 0 aliphatic carbocycles. The van der Waals surface area contributed by atoms with Crippen LogP contribution < -0.4 is 15.0 Å². The maximum absolute atomic E-state index is 16.7. The van der Waals surface area contributed by atoms with Gasteiger partial charge in [-0.3, -0.25) is 4.90 Å². The lowest BCUT2D eigenvalue weighted by molar-refractivity contribution is 0.106. The van der Waals surface area contributed by atoms with E-state index in [4.69, 9.17) is 16.1 Å². The van der Waals surface area contributed by atoms with Crippen LogP contribution in [0.1, 0.15) is 24.8 Å². The first-order valence-electron chi connectivity index (χ1n) is 14.7. The third-order valence-corrected chi connectivity index (χ3v) is 9.84. The van der Waals surface area contributed by atoms with Crippen molar-refractivity contribution in [2.75, 3.05) is 50.8 Å². The van der Waals surface area contributed by atoms with E-state index in [0.29, 0.717) is 34.9 Å². The Kier molecular flexibility index (Phi) is 5.84. The van der Waals surface area contributed by atoms with Crippen LogP contribution >= 0.6 is 0 Å². The van der Waals surface area contributed by atoms with E-state index >= 15 is 4.39 Å². The molecule has 1 spiro atoms. The second-order valence-electron chi connectivity index (χ2n) is 12.6. The van der Waals surface area contributed by atoms with Gasteiger partial charge in [-0.25, -0.2) is 13.2 Å². The topological polar surface area (TPSA) is 73.8 Å². The van der Waals surface area contributed by atoms with Crippen LogP contribution in [0.3, 0.4) is 0 Å². The van der Waals surface area contributed by atoms with Gasteiger partial charge in [0.05, 0.1) is 11.1 Å². The molecule has 7 nitrogen and oxygen atoms in total. The summed E-state index contributed by atoms with van der Waals surface area (Å²) in [5, 5.41) is 15.2. The molecule has 4 aliphatic rings. The van der Waals surface area contributed by atoms with Crippen molar-refractivity contribution in [1.29, 1.82) is 0 Å². The summed E-state index contributed by atoms with van der Waals surface area (Å²) >= 11 is 0. The van der Waals surface area contributed by atoms with Crippen LogP contribution in [0.25, 0.3) is 32.8 Å². The van der Waals surface area contributed by atoms with E-state index in [2.05, 4.69) is 26.0 Å². The SMILES string of the molecule is C#Cc1c(F)ccc2cc(O)cc(-c3ccc4c(N5CC6(CNC6)C5)nc(OC[C@@]56CCCN5C[C@H](F)C6)nc4c3F)c12. The van der Waals surface area contributed by atoms with Gasteiger partial charge in [0.15, 0.2) is 5.82 Å². The van der Waals surface area contributed by atoms with Gasteiger partial charge in [-0.2, -0.15) is 9.97 Å². The zero-order chi connectivity index (χ0) is 29.5. The molecule has 3 aromatic carbocycles. The van der Waals surface area contributed by atoms with E-state index in [1.54, 1.807) is 12.1 Å². The summed E-state index contributed by atoms with van der Waals surface area (Å²) < 4.78 is 52.0. The number of terminal acetylenes is 1. The molecule has 0 unspecified atom stereocenters. The highest BCUT2D eigenvalue weighted by Gasteiger charge is 2.50. The number of anilines is 1. The van der Waals surface area contributed by atoms with Gasteiger partial charge in [-0.05, 0) is 54.6 Å². The molecule has 4 fully saturated rings. The van der Waals surface area contributed by atoms with Crippen molar-refractivity contribution in [3.63, 3.8) is 0 Å². The van der Waals surface area contributed by atoms with Crippen molar-refractivity contribution < 1.29 is 23.0 Å². The van der Waals surface area contributed by atoms with Crippen LogP contribution in [0.5, 0.6) is 11.8 Å². The average Bonchev–Trinajstić information content (AvgIpc) is 3.46. The average molecular weight is 586 g/mol. The molecule has 4 aromatic rings. The zero-order valence-electron chi connectivity index (χ0n) is 23.5. The van der Waals surface area contributed by atoms with E-state index in [9.17, 15) is 13.9 Å². The normalized spacial score (nSPS) is 24.2. The number of aromatic nitrogens is 2. The van der Waals surface area contributed by atoms with Crippen LogP contribution in [0.4, 0.5) is 19.0 Å². The number of aromatic hydroxyl groups is 1. The molecule has 220 valence electrons. The van der Waals surface area contributed by atoms with Crippen molar-refractivity contribution >= 4 is 27.5 Å². The Balaban J connectivity index is 1.26. The summed E-state index contributed by atoms with van der Waals surface area (Å²) in [4.78, 5) is 13.6. The Bertz CT molecular complexity index is 1850. The van der Waals surface area contributed by atoms with Crippen LogP contribution in [-0.4, -0.2) is 77.6 Å². The fraction of sp³-hybridized carbons (Fsp3) is 0.394. The lowest BCUT2D eigenvalue weighted by Crippen LogP contribution is -2.71. The lowest BCUT2D eigenvalue weighted by Gasteiger charge is -2.56. The molecule has 0 bridgehead atoms. The minimum absolute atomic E-state index is 0.0116. The highest BCUT2D eigenvalue weighted by molar-refractivity contribution is 6.04. The second kappa shape index (κ2) is 9.46. The Hall–Kier alpha value is -4.07. The number of phenols is 1. The predicted octanol–water partition coefficient (Wildman–Crippen LogP) is 4.78. The minimum Gasteiger partial charge on any atom is -0.508 e. The number of benzene rings is 3. The first-order chi connectivity index (χ1) is 20.8. The Morgan fingerprint density at radius 3 is 2.72 bits per heavy atom. The molecule has 2 N–H and O–H groups in total. The van der Waals surface area contributed by atoms with Crippen molar-refractivity contribution in [2.24, 2.45) is 5.41 Å². The van der Waals surface area contributed by atoms with Crippen LogP contribution in [0, 0.1) is 29.4 Å². The first-order valence-corrected chi connectivity index (χ1v) is 14.7. The van der Waals surface area contributed by atoms with Gasteiger partial charge in [0.25, 0.3) is 0 Å². The number of nitrogens with zero attached hydrogens (tertiary/aromatic N) is 4. The van der Waals surface area contributed by atoms with E-state index in [0.717, 1.165) is 45.6 Å². The monoisotopic (exact) mass is 585 g/mol. The van der Waals surface area contributed by atoms with E-state index in [1.165, 1.54) is 24.3 Å². The van der Waals surface area contributed by atoms with Gasteiger partial charge in [0.2, 0.25) is 0 Å². The van der Waals surface area contributed by atoms with Crippen LogP contribution in [0.15, 0.2) is 36.4 Å². The minimum atomic E-state index is -0.903. The van der Waals surface area contributed by atoms with E-state index < -0.39 is 23.3 Å². The standard InChI is InChI=1S/C33H30F3N5O2/c1-2-22-26(35)7-4-19-10-21(42)11-25(27(19)22)23-5-6-24-29(28(23)36)38-31(39-30(24)40-16-32(17-40)14-37-15-32)43-18-33-8-3-9-41(33)13-20(34)12-33/h1,4-7,10-11,20,37,42H,3,8-9,12-18H2/t20-,33+/m1/s1. The molecular formula is C33H30F3N5O2. The Morgan fingerprint density at radius 1 is 1.12 bits per heavy atom. The first kappa shape index (κ1) is 26.5. The van der Waals surface area contributed by atoms with Gasteiger partial charge in [0, 0.05) is 60.9 Å². The van der Waals surface area contributed by atoms with Gasteiger partial charge >= 0.3 is 6.01 Å². The number of halogens is 3. The second-order valence-corrected chi connectivity index (χ2v) is 12.6. The van der Waals surface area contributed by atoms with E-state index in [1.807, 2.05) is 0 Å². The largest absolute Gasteiger partial charge is 0.508 e. The summed E-state index contributed by atoms with van der Waals surface area (Å²) in [7, 11) is 0. The number of ether oxygens (including phenoxy) is 1. The molecule has 0 amide bonds. The molecule has 4 aliphatic heterocycles. The smallest absolute Gasteiger partial charge is 0.319 e. The highest BCUT2D eigenvalue weighted by Crippen LogP contribution is 2.44. The third kappa shape index (κ3) is 4.05. The fourth-order valence-electron chi connectivity index (χ4n) is 7.68. The number of fused-ring (bicyclic) bond motifs is 3. The predicted molar refractivity (Wildman–Crippen MR) is 158 cm³/mol. The summed E-state index contributed by atoms with van der Waals surface area (Å²) in [6.07, 6.45) is 6.96. The molecule has 0 radical (unpaired) electrons. The van der Waals surface area contributed by atoms with Crippen molar-refractivity contribution in [3.8, 4) is 35.2 Å². The fourth-order valence-corrected chi connectivity index (χ4v) is 7.68. The zero-order valence-corrected chi connectivity index (χ0v) is 23.5. The Labute approximate surface area is 246 Å². The van der Waals surface area contributed by atoms with E-state index in [-0.39, 0.29) is 46.0 Å². The summed E-state index contributed by atoms with van der Waals surface area (Å²) in [5.74, 6) is 1.60.